The Labute approximate surface area is 98.4 Å². The topological polar surface area (TPSA) is 0 Å². The fourth-order valence-electron chi connectivity index (χ4n) is 3.07. The molecule has 0 saturated carbocycles. The van der Waals surface area contributed by atoms with Gasteiger partial charge in [-0.15, -0.1) is 0 Å². The molecule has 4 rings (SSSR count). The van der Waals surface area contributed by atoms with Crippen LogP contribution in [0.15, 0.2) is 48.6 Å². The van der Waals surface area contributed by atoms with E-state index >= 15 is 0 Å². The number of hydrogen-bond donors (Lipinski definition) is 0. The Kier molecular flexibility index (Phi) is 1.53. The molecular weight excluding hydrogens is 271 g/mol. The Morgan fingerprint density at radius 1 is 0.733 bits per heavy atom. The van der Waals surface area contributed by atoms with Gasteiger partial charge in [0, 0.05) is 0 Å². The van der Waals surface area contributed by atoms with Crippen molar-refractivity contribution in [1.29, 1.82) is 0 Å². The molecule has 0 unspecified atom stereocenters. The molecule has 0 heterocycles. The molecule has 4 aliphatic rings. The third kappa shape index (κ3) is 1.16. The molecule has 15 heavy (non-hydrogen) atoms. The van der Waals surface area contributed by atoms with E-state index < -0.39 is 0 Å². The van der Waals surface area contributed by atoms with E-state index in [1.165, 1.54) is 12.8 Å². The van der Waals surface area contributed by atoms with Crippen molar-refractivity contribution in [1.82, 2.24) is 0 Å². The third-order valence-corrected chi connectivity index (χ3v) is 7.13. The third-order valence-electron chi connectivity index (χ3n) is 3.84. The second-order valence-electron chi connectivity index (χ2n) is 5.03. The Hall–Kier alpha value is -0.417. The Morgan fingerprint density at radius 3 is 1.40 bits per heavy atom. The van der Waals surface area contributed by atoms with Gasteiger partial charge in [-0.2, -0.15) is 0 Å². The number of fused-ring (bicyclic) bond motifs is 4. The van der Waals surface area contributed by atoms with Gasteiger partial charge in [-0.1, -0.05) is 0 Å². The van der Waals surface area contributed by atoms with Gasteiger partial charge in [0.15, 0.2) is 0 Å². The van der Waals surface area contributed by atoms with Crippen LogP contribution in [-0.2, 0) is 17.1 Å². The summed E-state index contributed by atoms with van der Waals surface area (Å²) in [6, 6.07) is 0. The Morgan fingerprint density at radius 2 is 1.13 bits per heavy atom. The van der Waals surface area contributed by atoms with E-state index in [9.17, 15) is 0 Å². The number of allylic oxidation sites excluding steroid dienone is 8. The predicted molar refractivity (Wildman–Crippen MR) is 58.2 cm³/mol. The fraction of sp³-hybridized carbons (Fsp3) is 0.429. The van der Waals surface area contributed by atoms with Crippen molar-refractivity contribution in [3.63, 3.8) is 0 Å². The van der Waals surface area contributed by atoms with Crippen LogP contribution in [-0.4, -0.2) is 0 Å². The van der Waals surface area contributed by atoms with Crippen molar-refractivity contribution in [3.05, 3.63) is 48.6 Å². The number of rotatable bonds is 2. The van der Waals surface area contributed by atoms with Crippen molar-refractivity contribution >= 4 is 0 Å². The van der Waals surface area contributed by atoms with E-state index in [2.05, 4.69) is 48.6 Å². The quantitative estimate of drug-likeness (QED) is 0.536. The normalized spacial score (nSPS) is 52.8. The van der Waals surface area contributed by atoms with E-state index in [1.807, 2.05) is 0 Å². The zero-order valence-electron chi connectivity index (χ0n) is 8.52. The van der Waals surface area contributed by atoms with Crippen LogP contribution in [0, 0.1) is 11.8 Å². The first-order valence-corrected chi connectivity index (χ1v) is 7.32. The van der Waals surface area contributed by atoms with E-state index in [0.29, 0.717) is 25.1 Å². The second-order valence-corrected chi connectivity index (χ2v) is 8.49. The molecule has 0 fully saturated rings. The van der Waals surface area contributed by atoms with E-state index in [1.54, 1.807) is 0 Å². The van der Waals surface area contributed by atoms with Crippen LogP contribution in [0.5, 0.6) is 0 Å². The van der Waals surface area contributed by atoms with Gasteiger partial charge in [-0.25, -0.2) is 0 Å². The molecule has 0 nitrogen and oxygen atoms in total. The standard InChI is InChI=1S/2C7H7.Rh/c2*1-2-7-4-3-6(1)5-7;/h2*1-4,6H,5H2;. The van der Waals surface area contributed by atoms with Crippen molar-refractivity contribution in [2.45, 2.75) is 20.9 Å². The average Bonchev–Trinajstić information content (AvgIpc) is 2.95. The Bertz CT molecular complexity index is 357. The summed E-state index contributed by atoms with van der Waals surface area (Å²) in [5.74, 6) is 1.52. The zero-order chi connectivity index (χ0) is 9.93. The van der Waals surface area contributed by atoms with Crippen LogP contribution in [0.1, 0.15) is 12.8 Å². The molecule has 0 saturated heterocycles. The molecule has 0 aromatic rings. The van der Waals surface area contributed by atoms with Gasteiger partial charge in [0.25, 0.3) is 0 Å². The summed E-state index contributed by atoms with van der Waals surface area (Å²) in [6.07, 6.45) is 22.3. The molecule has 0 radical (unpaired) electrons. The van der Waals surface area contributed by atoms with Crippen LogP contribution in [0.25, 0.3) is 0 Å². The molecule has 0 amide bonds. The van der Waals surface area contributed by atoms with Gasteiger partial charge in [0.1, 0.15) is 0 Å². The predicted octanol–water partition coefficient (Wildman–Crippen LogP) is 3.68. The first-order valence-electron chi connectivity index (χ1n) is 5.68. The summed E-state index contributed by atoms with van der Waals surface area (Å²) < 4.78 is 0.943. The molecule has 4 bridgehead atoms. The average molecular weight is 285 g/mol. The van der Waals surface area contributed by atoms with E-state index in [0.717, 1.165) is 11.8 Å². The molecule has 4 aliphatic carbocycles. The minimum absolute atomic E-state index is 0.471. The van der Waals surface area contributed by atoms with Gasteiger partial charge in [-0.3, -0.25) is 0 Å². The van der Waals surface area contributed by atoms with Crippen molar-refractivity contribution in [2.24, 2.45) is 11.8 Å². The van der Waals surface area contributed by atoms with Crippen LogP contribution in [0.4, 0.5) is 0 Å². The Balaban J connectivity index is 1.66. The summed E-state index contributed by atoms with van der Waals surface area (Å²) in [7, 11) is 0. The van der Waals surface area contributed by atoms with Crippen molar-refractivity contribution < 1.29 is 17.1 Å². The number of hydrogen-bond acceptors (Lipinski definition) is 0. The summed E-state index contributed by atoms with van der Waals surface area (Å²) in [6.45, 7) is 0. The van der Waals surface area contributed by atoms with Gasteiger partial charge in [0.2, 0.25) is 0 Å². The summed E-state index contributed by atoms with van der Waals surface area (Å²) >= 11 is 0.587. The molecular formula is C14H14Rh. The minimum atomic E-state index is 0.471. The first-order chi connectivity index (χ1) is 7.28. The van der Waals surface area contributed by atoms with Gasteiger partial charge in [-0.05, 0) is 0 Å². The summed E-state index contributed by atoms with van der Waals surface area (Å²) in [5, 5.41) is 0. The van der Waals surface area contributed by atoms with Crippen LogP contribution in [0.2, 0.25) is 8.02 Å². The van der Waals surface area contributed by atoms with Gasteiger partial charge in [0.05, 0.1) is 0 Å². The maximum absolute atomic E-state index is 2.49. The monoisotopic (exact) mass is 285 g/mol. The zero-order valence-corrected chi connectivity index (χ0v) is 10.2. The van der Waals surface area contributed by atoms with Crippen molar-refractivity contribution in [3.8, 4) is 0 Å². The van der Waals surface area contributed by atoms with Gasteiger partial charge < -0.3 is 0 Å². The van der Waals surface area contributed by atoms with Crippen LogP contribution >= 0.6 is 0 Å². The maximum atomic E-state index is 2.49. The van der Waals surface area contributed by atoms with E-state index in [4.69, 9.17) is 0 Å². The first kappa shape index (κ1) is 8.70. The summed E-state index contributed by atoms with van der Waals surface area (Å²) in [5.41, 5.74) is 0. The molecule has 0 aromatic carbocycles. The summed E-state index contributed by atoms with van der Waals surface area (Å²) in [4.78, 5) is 0. The van der Waals surface area contributed by atoms with Crippen LogP contribution in [0.3, 0.4) is 0 Å². The molecule has 0 aromatic heterocycles. The SMILES string of the molecule is C1=C[C]2([Rh][C]34C=CC(C=C3)C4)C=CC1C2. The van der Waals surface area contributed by atoms with Crippen LogP contribution < -0.4 is 0 Å². The molecule has 0 spiro atoms. The molecule has 0 N–H and O–H groups in total. The molecule has 1 heteroatoms. The fourth-order valence-corrected chi connectivity index (χ4v) is 6.77. The molecule has 0 aliphatic heterocycles. The van der Waals surface area contributed by atoms with Gasteiger partial charge >= 0.3 is 98.4 Å². The van der Waals surface area contributed by atoms with Crippen molar-refractivity contribution in [2.75, 3.05) is 0 Å². The molecule has 79 valence electrons. The molecule has 0 atom stereocenters. The van der Waals surface area contributed by atoms with E-state index in [-0.39, 0.29) is 0 Å². The second kappa shape index (κ2) is 2.63.